The van der Waals surface area contributed by atoms with Crippen molar-refractivity contribution in [2.24, 2.45) is 0 Å². The maximum absolute atomic E-state index is 11.5. The minimum absolute atomic E-state index is 0.181. The molecule has 2 heterocycles. The van der Waals surface area contributed by atoms with Gasteiger partial charge in [-0.1, -0.05) is 17.1 Å². The van der Waals surface area contributed by atoms with Gasteiger partial charge in [-0.3, -0.25) is 4.79 Å². The van der Waals surface area contributed by atoms with E-state index in [1.165, 1.54) is 11.3 Å². The van der Waals surface area contributed by atoms with E-state index in [2.05, 4.69) is 16.4 Å². The number of thiophene rings is 1. The highest BCUT2D eigenvalue weighted by atomic mass is 32.1. The summed E-state index contributed by atoms with van der Waals surface area (Å²) in [6.07, 6.45) is 5.03. The molecule has 0 saturated heterocycles. The molecule has 5 heteroatoms. The number of rotatable bonds is 3. The van der Waals surface area contributed by atoms with E-state index < -0.39 is 0 Å². The minimum Gasteiger partial charge on any atom is -0.355 e. The summed E-state index contributed by atoms with van der Waals surface area (Å²) in [4.78, 5) is 12.4. The Morgan fingerprint density at radius 3 is 3.25 bits per heavy atom. The molecule has 0 radical (unpaired) electrons. The van der Waals surface area contributed by atoms with Crippen molar-refractivity contribution in [3.05, 3.63) is 29.3 Å². The summed E-state index contributed by atoms with van der Waals surface area (Å²) < 4.78 is 5.06. The van der Waals surface area contributed by atoms with Gasteiger partial charge in [-0.15, -0.1) is 17.8 Å². The van der Waals surface area contributed by atoms with Gasteiger partial charge in [0.15, 0.2) is 11.5 Å². The summed E-state index contributed by atoms with van der Waals surface area (Å²) in [6, 6.07) is 5.40. The van der Waals surface area contributed by atoms with Crippen LogP contribution in [0, 0.1) is 12.3 Å². The number of carbonyl (C=O) groups excluding carboxylic acids is 1. The third-order valence-electron chi connectivity index (χ3n) is 1.86. The van der Waals surface area contributed by atoms with E-state index in [4.69, 9.17) is 10.9 Å². The van der Waals surface area contributed by atoms with E-state index in [9.17, 15) is 4.79 Å². The number of terminal acetylenes is 1. The third kappa shape index (κ3) is 2.12. The molecular formula is C11H8N2O2S. The second-order valence-electron chi connectivity index (χ2n) is 2.94. The Bertz CT molecular complexity index is 522. The fraction of sp³-hybridized carbons (Fsp3) is 0.0909. The fourth-order valence-corrected chi connectivity index (χ4v) is 1.81. The summed E-state index contributed by atoms with van der Waals surface area (Å²) in [7, 11) is 0. The van der Waals surface area contributed by atoms with Gasteiger partial charge in [0.05, 0.1) is 11.4 Å². The molecule has 0 aromatic carbocycles. The smallest absolute Gasteiger partial charge is 0.274 e. The molecule has 0 fully saturated rings. The van der Waals surface area contributed by atoms with Crippen molar-refractivity contribution in [2.75, 3.05) is 6.54 Å². The molecule has 0 atom stereocenters. The second-order valence-corrected chi connectivity index (χ2v) is 3.89. The Morgan fingerprint density at radius 2 is 2.56 bits per heavy atom. The van der Waals surface area contributed by atoms with Crippen LogP contribution in [-0.2, 0) is 0 Å². The normalized spacial score (nSPS) is 9.69. The summed E-state index contributed by atoms with van der Waals surface area (Å²) in [5.74, 6) is 2.57. The van der Waals surface area contributed by atoms with Gasteiger partial charge in [-0.25, -0.2) is 0 Å². The summed E-state index contributed by atoms with van der Waals surface area (Å²) in [6.45, 7) is 0.181. The molecule has 16 heavy (non-hydrogen) atoms. The molecule has 1 N–H and O–H groups in total. The first kappa shape index (κ1) is 10.5. The van der Waals surface area contributed by atoms with Gasteiger partial charge < -0.3 is 9.84 Å². The lowest BCUT2D eigenvalue weighted by Gasteiger charge is -1.93. The number of aromatic nitrogens is 1. The van der Waals surface area contributed by atoms with Crippen LogP contribution < -0.4 is 5.32 Å². The lowest BCUT2D eigenvalue weighted by atomic mass is 10.3. The van der Waals surface area contributed by atoms with Gasteiger partial charge >= 0.3 is 0 Å². The van der Waals surface area contributed by atoms with E-state index in [-0.39, 0.29) is 18.1 Å². The molecule has 0 unspecified atom stereocenters. The Kier molecular flexibility index (Phi) is 3.03. The van der Waals surface area contributed by atoms with Crippen molar-refractivity contribution in [1.29, 1.82) is 0 Å². The highest BCUT2D eigenvalue weighted by Crippen LogP contribution is 2.24. The van der Waals surface area contributed by atoms with E-state index in [1.807, 2.05) is 17.5 Å². The maximum atomic E-state index is 11.5. The minimum atomic E-state index is -0.329. The standard InChI is InChI=1S/C11H8N2O2S/c1-2-5-12-11(14)8-7-9(15-13-8)10-4-3-6-16-10/h1,3-4,6-7H,5H2,(H,12,14). The van der Waals surface area contributed by atoms with E-state index in [0.717, 1.165) is 4.88 Å². The van der Waals surface area contributed by atoms with Crippen molar-refractivity contribution >= 4 is 17.2 Å². The number of nitrogens with zero attached hydrogens (tertiary/aromatic N) is 1. The van der Waals surface area contributed by atoms with Gasteiger partial charge in [0.25, 0.3) is 5.91 Å². The molecular weight excluding hydrogens is 224 g/mol. The lowest BCUT2D eigenvalue weighted by Crippen LogP contribution is -2.23. The SMILES string of the molecule is C#CCNC(=O)c1cc(-c2cccs2)on1. The number of hydrogen-bond donors (Lipinski definition) is 1. The molecule has 0 bridgehead atoms. The lowest BCUT2D eigenvalue weighted by molar-refractivity contribution is 0.0950. The first-order chi connectivity index (χ1) is 7.81. The molecule has 0 saturated carbocycles. The molecule has 80 valence electrons. The molecule has 2 rings (SSSR count). The quantitative estimate of drug-likeness (QED) is 0.820. The summed E-state index contributed by atoms with van der Waals surface area (Å²) in [5.41, 5.74) is 0.235. The van der Waals surface area contributed by atoms with Gasteiger partial charge in [-0.2, -0.15) is 0 Å². The maximum Gasteiger partial charge on any atom is 0.274 e. The monoisotopic (exact) mass is 232 g/mol. The van der Waals surface area contributed by atoms with Crippen molar-refractivity contribution in [2.45, 2.75) is 0 Å². The van der Waals surface area contributed by atoms with Crippen molar-refractivity contribution in [3.8, 4) is 23.0 Å². The summed E-state index contributed by atoms with van der Waals surface area (Å²) >= 11 is 1.52. The zero-order chi connectivity index (χ0) is 11.4. The molecule has 0 spiro atoms. The molecule has 2 aromatic heterocycles. The van der Waals surface area contributed by atoms with Crippen molar-refractivity contribution in [1.82, 2.24) is 10.5 Å². The predicted molar refractivity (Wildman–Crippen MR) is 61.0 cm³/mol. The molecule has 0 aliphatic rings. The van der Waals surface area contributed by atoms with Crippen molar-refractivity contribution in [3.63, 3.8) is 0 Å². The van der Waals surface area contributed by atoms with Crippen LogP contribution in [0.25, 0.3) is 10.6 Å². The molecule has 0 aliphatic heterocycles. The van der Waals surface area contributed by atoms with E-state index >= 15 is 0 Å². The number of amides is 1. The van der Waals surface area contributed by atoms with Gasteiger partial charge in [0, 0.05) is 6.07 Å². The van der Waals surface area contributed by atoms with Crippen LogP contribution in [0.3, 0.4) is 0 Å². The molecule has 2 aromatic rings. The van der Waals surface area contributed by atoms with Crippen LogP contribution in [0.4, 0.5) is 0 Å². The van der Waals surface area contributed by atoms with Crippen LogP contribution in [-0.4, -0.2) is 17.6 Å². The Labute approximate surface area is 96.3 Å². The zero-order valence-corrected chi connectivity index (χ0v) is 9.08. The zero-order valence-electron chi connectivity index (χ0n) is 8.27. The first-order valence-electron chi connectivity index (χ1n) is 4.53. The highest BCUT2D eigenvalue weighted by molar-refractivity contribution is 7.13. The van der Waals surface area contributed by atoms with Crippen LogP contribution in [0.2, 0.25) is 0 Å². The molecule has 4 nitrogen and oxygen atoms in total. The predicted octanol–water partition coefficient (Wildman–Crippen LogP) is 1.77. The number of hydrogen-bond acceptors (Lipinski definition) is 4. The van der Waals surface area contributed by atoms with Gasteiger partial charge in [-0.05, 0) is 11.4 Å². The Hall–Kier alpha value is -2.06. The van der Waals surface area contributed by atoms with E-state index in [0.29, 0.717) is 5.76 Å². The second kappa shape index (κ2) is 4.64. The topological polar surface area (TPSA) is 55.1 Å². The average molecular weight is 232 g/mol. The number of nitrogens with one attached hydrogen (secondary N) is 1. The fourth-order valence-electron chi connectivity index (χ4n) is 1.14. The Morgan fingerprint density at radius 1 is 1.69 bits per heavy atom. The van der Waals surface area contributed by atoms with Crippen LogP contribution in [0.5, 0.6) is 0 Å². The molecule has 1 amide bonds. The third-order valence-corrected chi connectivity index (χ3v) is 2.74. The average Bonchev–Trinajstić information content (AvgIpc) is 2.94. The van der Waals surface area contributed by atoms with E-state index in [1.54, 1.807) is 6.07 Å². The molecule has 0 aliphatic carbocycles. The first-order valence-corrected chi connectivity index (χ1v) is 5.41. The van der Waals surface area contributed by atoms with Crippen LogP contribution in [0.1, 0.15) is 10.5 Å². The number of carbonyl (C=O) groups is 1. The largest absolute Gasteiger partial charge is 0.355 e. The Balaban J connectivity index is 2.14. The van der Waals surface area contributed by atoms with Crippen LogP contribution in [0.15, 0.2) is 28.1 Å². The summed E-state index contributed by atoms with van der Waals surface area (Å²) in [5, 5.41) is 8.12. The van der Waals surface area contributed by atoms with Crippen LogP contribution >= 0.6 is 11.3 Å². The van der Waals surface area contributed by atoms with Gasteiger partial charge in [0.2, 0.25) is 0 Å². The highest BCUT2D eigenvalue weighted by Gasteiger charge is 2.13. The van der Waals surface area contributed by atoms with Gasteiger partial charge in [0.1, 0.15) is 0 Å². The van der Waals surface area contributed by atoms with Crippen molar-refractivity contribution < 1.29 is 9.32 Å².